The number of ether oxygens (including phenoxy) is 1. The molecule has 2 aromatic carbocycles. The second-order valence-corrected chi connectivity index (χ2v) is 14.1. The second kappa shape index (κ2) is 12.2. The minimum atomic E-state index is -3.32. The average Bonchev–Trinajstić information content (AvgIpc) is 2.97. The van der Waals surface area contributed by atoms with Gasteiger partial charge in [-0.15, -0.1) is 0 Å². The first-order valence-electron chi connectivity index (χ1n) is 14.6. The molecular weight excluding hydrogens is 564 g/mol. The van der Waals surface area contributed by atoms with E-state index in [1.54, 1.807) is 35.4 Å². The third kappa shape index (κ3) is 7.07. The molecule has 1 amide bonds. The van der Waals surface area contributed by atoms with Gasteiger partial charge < -0.3 is 19.9 Å². The Bertz CT molecular complexity index is 1770. The zero-order valence-corrected chi connectivity index (χ0v) is 25.8. The fourth-order valence-corrected chi connectivity index (χ4v) is 6.69. The van der Waals surface area contributed by atoms with Crippen LogP contribution in [0.15, 0.2) is 76.6 Å². The number of nitrogens with one attached hydrogen (secondary N) is 2. The van der Waals surface area contributed by atoms with Gasteiger partial charge in [0.15, 0.2) is 9.84 Å². The minimum absolute atomic E-state index is 0.0987. The molecule has 0 saturated carbocycles. The van der Waals surface area contributed by atoms with Gasteiger partial charge in [-0.25, -0.2) is 18.2 Å². The summed E-state index contributed by atoms with van der Waals surface area (Å²) in [6.07, 6.45) is 3.60. The van der Waals surface area contributed by atoms with Gasteiger partial charge in [0.25, 0.3) is 5.56 Å². The molecule has 3 heterocycles. The normalized spacial score (nSPS) is 14.6. The molecule has 0 unspecified atom stereocenters. The van der Waals surface area contributed by atoms with Gasteiger partial charge >= 0.3 is 6.09 Å². The summed E-state index contributed by atoms with van der Waals surface area (Å²) in [6, 6.07) is 18.4. The molecule has 0 radical (unpaired) electrons. The smallest absolute Gasteiger partial charge is 0.410 e. The third-order valence-electron chi connectivity index (χ3n) is 7.53. The number of aromatic nitrogens is 2. The van der Waals surface area contributed by atoms with Crippen molar-refractivity contribution >= 4 is 38.2 Å². The van der Waals surface area contributed by atoms with Crippen molar-refractivity contribution in [3.63, 3.8) is 0 Å². The van der Waals surface area contributed by atoms with Crippen molar-refractivity contribution in [3.05, 3.63) is 82.8 Å². The number of benzene rings is 2. The first-order chi connectivity index (χ1) is 20.4. The maximum Gasteiger partial charge on any atom is 0.410 e. The van der Waals surface area contributed by atoms with Gasteiger partial charge in [-0.1, -0.05) is 31.2 Å². The Morgan fingerprint density at radius 1 is 1.05 bits per heavy atom. The Morgan fingerprint density at radius 2 is 1.72 bits per heavy atom. The second-order valence-electron chi connectivity index (χ2n) is 12.0. The summed E-state index contributed by atoms with van der Waals surface area (Å²) in [7, 11) is -3.32. The number of fused-ring (bicyclic) bond motifs is 1. The minimum Gasteiger partial charge on any atom is -0.444 e. The van der Waals surface area contributed by atoms with Gasteiger partial charge in [-0.05, 0) is 93.3 Å². The molecular formula is C33H38N4O5S. The number of hydrogen-bond acceptors (Lipinski definition) is 7. The first-order valence-corrected chi connectivity index (χ1v) is 16.3. The largest absolute Gasteiger partial charge is 0.444 e. The number of piperidine rings is 1. The summed E-state index contributed by atoms with van der Waals surface area (Å²) in [5.41, 5.74) is 2.57. The summed E-state index contributed by atoms with van der Waals surface area (Å²) in [6.45, 7) is 8.76. The molecule has 226 valence electrons. The SMILES string of the molecule is CCCS(=O)(=O)c1ccc(-c2cc3cc[nH]c(=O)c3c(Nc3ccc(C4CCN(C(=O)OC(C)(C)C)CC4)cc3)n2)cc1. The number of likely N-dealkylation sites (tertiary alicyclic amines) is 1. The van der Waals surface area contributed by atoms with Crippen LogP contribution >= 0.6 is 0 Å². The maximum atomic E-state index is 12.8. The highest BCUT2D eigenvalue weighted by atomic mass is 32.2. The third-order valence-corrected chi connectivity index (χ3v) is 9.46. The zero-order valence-electron chi connectivity index (χ0n) is 25.0. The molecule has 1 saturated heterocycles. The van der Waals surface area contributed by atoms with E-state index in [-0.39, 0.29) is 22.3 Å². The topological polar surface area (TPSA) is 121 Å². The summed E-state index contributed by atoms with van der Waals surface area (Å²) >= 11 is 0. The number of nitrogens with zero attached hydrogens (tertiary/aromatic N) is 2. The Hall–Kier alpha value is -4.18. The van der Waals surface area contributed by atoms with Crippen LogP contribution in [0, 0.1) is 0 Å². The van der Waals surface area contributed by atoms with Gasteiger partial charge in [-0.3, -0.25) is 4.79 Å². The lowest BCUT2D eigenvalue weighted by Crippen LogP contribution is -2.41. The van der Waals surface area contributed by atoms with Crippen molar-refractivity contribution in [2.45, 2.75) is 63.4 Å². The van der Waals surface area contributed by atoms with Crippen LogP contribution in [0.4, 0.5) is 16.3 Å². The number of carbonyl (C=O) groups is 1. The van der Waals surface area contributed by atoms with Crippen LogP contribution in [-0.2, 0) is 14.6 Å². The predicted octanol–water partition coefficient (Wildman–Crippen LogP) is 6.63. The number of aromatic amines is 1. The predicted molar refractivity (Wildman–Crippen MR) is 170 cm³/mol. The van der Waals surface area contributed by atoms with E-state index < -0.39 is 15.4 Å². The molecule has 0 spiro atoms. The molecule has 4 aromatic rings. The van der Waals surface area contributed by atoms with Crippen LogP contribution in [0.1, 0.15) is 58.4 Å². The highest BCUT2D eigenvalue weighted by molar-refractivity contribution is 7.91. The summed E-state index contributed by atoms with van der Waals surface area (Å²) in [5.74, 6) is 0.846. The number of carbonyl (C=O) groups excluding carboxylic acids is 1. The average molecular weight is 603 g/mol. The first kappa shape index (κ1) is 30.3. The van der Waals surface area contributed by atoms with Crippen molar-refractivity contribution in [1.82, 2.24) is 14.9 Å². The van der Waals surface area contributed by atoms with E-state index in [4.69, 9.17) is 9.72 Å². The number of H-pyrrole nitrogens is 1. The highest BCUT2D eigenvalue weighted by Crippen LogP contribution is 2.32. The van der Waals surface area contributed by atoms with Gasteiger partial charge in [0.1, 0.15) is 11.4 Å². The fraction of sp³-hybridized carbons (Fsp3) is 0.364. The van der Waals surface area contributed by atoms with Gasteiger partial charge in [0.05, 0.1) is 21.7 Å². The number of pyridine rings is 2. The fourth-order valence-electron chi connectivity index (χ4n) is 5.37. The molecule has 2 aromatic heterocycles. The molecule has 9 nitrogen and oxygen atoms in total. The molecule has 5 rings (SSSR count). The molecule has 0 bridgehead atoms. The van der Waals surface area contributed by atoms with Gasteiger partial charge in [0.2, 0.25) is 0 Å². The van der Waals surface area contributed by atoms with E-state index in [1.165, 1.54) is 5.56 Å². The summed E-state index contributed by atoms with van der Waals surface area (Å²) < 4.78 is 30.5. The summed E-state index contributed by atoms with van der Waals surface area (Å²) in [4.78, 5) is 34.8. The molecule has 10 heteroatoms. The Kier molecular flexibility index (Phi) is 8.59. The van der Waals surface area contributed by atoms with Crippen LogP contribution in [0.2, 0.25) is 0 Å². The number of rotatable bonds is 7. The molecule has 1 aliphatic rings. The van der Waals surface area contributed by atoms with Crippen molar-refractivity contribution in [3.8, 4) is 11.3 Å². The van der Waals surface area contributed by atoms with Crippen LogP contribution < -0.4 is 10.9 Å². The number of anilines is 2. The highest BCUT2D eigenvalue weighted by Gasteiger charge is 2.27. The monoisotopic (exact) mass is 602 g/mol. The van der Waals surface area contributed by atoms with E-state index >= 15 is 0 Å². The molecule has 0 aliphatic carbocycles. The molecule has 1 fully saturated rings. The van der Waals surface area contributed by atoms with Gasteiger partial charge in [-0.2, -0.15) is 0 Å². The number of amides is 1. The lowest BCUT2D eigenvalue weighted by atomic mass is 9.89. The zero-order chi connectivity index (χ0) is 30.8. The van der Waals surface area contributed by atoms with Crippen LogP contribution in [-0.4, -0.2) is 53.8 Å². The molecule has 43 heavy (non-hydrogen) atoms. The standard InChI is InChI=1S/C33H38N4O5S/c1-5-20-43(40,41)27-12-8-24(9-13-27)28-21-25-14-17-34-31(38)29(25)30(36-28)35-26-10-6-22(7-11-26)23-15-18-37(19-16-23)32(39)42-33(2,3)4/h6-14,17,21,23H,5,15-16,18-20H2,1-4H3,(H,34,38)(H,35,36). The number of hydrogen-bond donors (Lipinski definition) is 2. The van der Waals surface area contributed by atoms with E-state index in [1.807, 2.05) is 52.0 Å². The van der Waals surface area contributed by atoms with Crippen molar-refractivity contribution in [2.24, 2.45) is 0 Å². The maximum absolute atomic E-state index is 12.8. The van der Waals surface area contributed by atoms with Crippen molar-refractivity contribution in [2.75, 3.05) is 24.2 Å². The molecule has 0 atom stereocenters. The Labute approximate surface area is 252 Å². The van der Waals surface area contributed by atoms with Crippen molar-refractivity contribution in [1.29, 1.82) is 0 Å². The molecule has 2 N–H and O–H groups in total. The Balaban J connectivity index is 1.35. The van der Waals surface area contributed by atoms with E-state index in [9.17, 15) is 18.0 Å². The quantitative estimate of drug-likeness (QED) is 0.243. The lowest BCUT2D eigenvalue weighted by molar-refractivity contribution is 0.0205. The Morgan fingerprint density at radius 3 is 2.35 bits per heavy atom. The van der Waals surface area contributed by atoms with Crippen molar-refractivity contribution < 1.29 is 17.9 Å². The van der Waals surface area contributed by atoms with E-state index in [2.05, 4.69) is 22.4 Å². The van der Waals surface area contributed by atoms with Crippen LogP contribution in [0.25, 0.3) is 22.0 Å². The number of sulfone groups is 1. The van der Waals surface area contributed by atoms with Crippen LogP contribution in [0.3, 0.4) is 0 Å². The van der Waals surface area contributed by atoms with Crippen LogP contribution in [0.5, 0.6) is 0 Å². The van der Waals surface area contributed by atoms with Gasteiger partial charge in [0, 0.05) is 30.5 Å². The van der Waals surface area contributed by atoms with E-state index in [0.29, 0.717) is 47.7 Å². The molecule has 1 aliphatic heterocycles. The summed E-state index contributed by atoms with van der Waals surface area (Å²) in [5, 5.41) is 4.48. The lowest BCUT2D eigenvalue weighted by Gasteiger charge is -2.33. The van der Waals surface area contributed by atoms with E-state index in [0.717, 1.165) is 24.1 Å².